The van der Waals surface area contributed by atoms with Crippen molar-refractivity contribution in [3.05, 3.63) is 35.6 Å². The molecule has 0 radical (unpaired) electrons. The molecule has 1 aromatic rings. The fourth-order valence-electron chi connectivity index (χ4n) is 3.38. The zero-order valence-corrected chi connectivity index (χ0v) is 16.5. The van der Waals surface area contributed by atoms with Crippen LogP contribution in [0.25, 0.3) is 0 Å². The molecule has 1 aromatic carbocycles. The van der Waals surface area contributed by atoms with E-state index in [0.29, 0.717) is 12.6 Å². The van der Waals surface area contributed by atoms with Gasteiger partial charge in [0.15, 0.2) is 5.96 Å². The first-order valence-corrected chi connectivity index (χ1v) is 9.40. The number of nitrogens with zero attached hydrogens (tertiary/aromatic N) is 2. The molecule has 1 heterocycles. The van der Waals surface area contributed by atoms with Crippen molar-refractivity contribution in [2.45, 2.75) is 38.1 Å². The first-order chi connectivity index (χ1) is 12.5. The molecule has 6 heteroatoms. The molecule has 26 heavy (non-hydrogen) atoms. The molecule has 1 aliphatic heterocycles. The lowest BCUT2D eigenvalue weighted by atomic mass is 9.84. The summed E-state index contributed by atoms with van der Waals surface area (Å²) >= 11 is 0. The van der Waals surface area contributed by atoms with Crippen LogP contribution < -0.4 is 10.6 Å². The van der Waals surface area contributed by atoms with Gasteiger partial charge < -0.3 is 15.4 Å². The lowest BCUT2D eigenvalue weighted by Gasteiger charge is -2.28. The number of nitrogens with one attached hydrogen (secondary N) is 2. The fourth-order valence-corrected chi connectivity index (χ4v) is 3.38. The van der Waals surface area contributed by atoms with Crippen LogP contribution in [0.1, 0.15) is 32.3 Å². The Bertz CT molecular complexity index is 591. The average molecular weight is 365 g/mol. The van der Waals surface area contributed by atoms with E-state index >= 15 is 0 Å². The standard InChI is InChI=1S/C20H33FN4O/c1-20(2,16-7-5-8-17(21)13-16)15-24-19(22-3)23-14-18-9-6-10-25(18)11-12-26-4/h5,7-8,13,18H,6,9-12,14-15H2,1-4H3,(H2,22,23,24). The Kier molecular flexibility index (Phi) is 7.85. The lowest BCUT2D eigenvalue weighted by molar-refractivity contribution is 0.141. The van der Waals surface area contributed by atoms with Crippen LogP contribution in [-0.4, -0.2) is 63.8 Å². The highest BCUT2D eigenvalue weighted by atomic mass is 19.1. The van der Waals surface area contributed by atoms with Crippen LogP contribution in [0.4, 0.5) is 4.39 Å². The maximum absolute atomic E-state index is 13.5. The minimum atomic E-state index is -0.199. The van der Waals surface area contributed by atoms with E-state index in [0.717, 1.165) is 37.8 Å². The van der Waals surface area contributed by atoms with Crippen molar-refractivity contribution < 1.29 is 9.13 Å². The average Bonchev–Trinajstić information content (AvgIpc) is 3.07. The highest BCUT2D eigenvalue weighted by molar-refractivity contribution is 5.79. The monoisotopic (exact) mass is 364 g/mol. The molecule has 0 aromatic heterocycles. The Morgan fingerprint density at radius 2 is 2.19 bits per heavy atom. The minimum Gasteiger partial charge on any atom is -0.383 e. The predicted molar refractivity (Wildman–Crippen MR) is 105 cm³/mol. The molecule has 0 saturated carbocycles. The quantitative estimate of drug-likeness (QED) is 0.549. The summed E-state index contributed by atoms with van der Waals surface area (Å²) in [6, 6.07) is 7.32. The second-order valence-electron chi connectivity index (χ2n) is 7.53. The summed E-state index contributed by atoms with van der Waals surface area (Å²) in [5, 5.41) is 6.82. The number of methoxy groups -OCH3 is 1. The summed E-state index contributed by atoms with van der Waals surface area (Å²) in [5.41, 5.74) is 0.777. The molecule has 1 fully saturated rings. The number of likely N-dealkylation sites (tertiary alicyclic amines) is 1. The Labute approximate surface area is 157 Å². The van der Waals surface area contributed by atoms with E-state index in [4.69, 9.17) is 4.74 Å². The third-order valence-electron chi connectivity index (χ3n) is 5.11. The topological polar surface area (TPSA) is 48.9 Å². The Morgan fingerprint density at radius 1 is 1.38 bits per heavy atom. The number of aliphatic imine (C=N–C) groups is 1. The number of halogens is 1. The molecule has 1 unspecified atom stereocenters. The van der Waals surface area contributed by atoms with Gasteiger partial charge in [-0.3, -0.25) is 9.89 Å². The summed E-state index contributed by atoms with van der Waals surface area (Å²) in [5.74, 6) is 0.587. The first-order valence-electron chi connectivity index (χ1n) is 9.40. The Hall–Kier alpha value is -1.66. The van der Waals surface area contributed by atoms with Gasteiger partial charge >= 0.3 is 0 Å². The third-order valence-corrected chi connectivity index (χ3v) is 5.11. The largest absolute Gasteiger partial charge is 0.383 e. The van der Waals surface area contributed by atoms with Crippen molar-refractivity contribution in [1.82, 2.24) is 15.5 Å². The molecule has 2 rings (SSSR count). The first kappa shape index (κ1) is 20.6. The van der Waals surface area contributed by atoms with Gasteiger partial charge in [-0.15, -0.1) is 0 Å². The second kappa shape index (κ2) is 9.88. The molecular formula is C20H33FN4O. The highest BCUT2D eigenvalue weighted by Gasteiger charge is 2.25. The van der Waals surface area contributed by atoms with Crippen LogP contribution in [0.15, 0.2) is 29.3 Å². The normalized spacial score (nSPS) is 19.0. The van der Waals surface area contributed by atoms with Crippen molar-refractivity contribution in [2.24, 2.45) is 4.99 Å². The summed E-state index contributed by atoms with van der Waals surface area (Å²) in [4.78, 5) is 6.80. The van der Waals surface area contributed by atoms with E-state index in [1.807, 2.05) is 6.07 Å². The number of hydrogen-bond donors (Lipinski definition) is 2. The lowest BCUT2D eigenvalue weighted by Crippen LogP contribution is -2.48. The second-order valence-corrected chi connectivity index (χ2v) is 7.53. The van der Waals surface area contributed by atoms with E-state index in [1.165, 1.54) is 18.9 Å². The molecule has 146 valence electrons. The molecular weight excluding hydrogens is 331 g/mol. The number of rotatable bonds is 8. The van der Waals surface area contributed by atoms with Gasteiger partial charge in [0.2, 0.25) is 0 Å². The molecule has 1 atom stereocenters. The van der Waals surface area contributed by atoms with Crippen molar-refractivity contribution in [3.63, 3.8) is 0 Å². The molecule has 1 aliphatic rings. The van der Waals surface area contributed by atoms with Crippen molar-refractivity contribution in [2.75, 3.05) is 46.9 Å². The minimum absolute atomic E-state index is 0.197. The van der Waals surface area contributed by atoms with Crippen molar-refractivity contribution >= 4 is 5.96 Å². The Morgan fingerprint density at radius 3 is 2.88 bits per heavy atom. The molecule has 2 N–H and O–H groups in total. The molecule has 5 nitrogen and oxygen atoms in total. The third kappa shape index (κ3) is 5.95. The maximum atomic E-state index is 13.5. The van der Waals surface area contributed by atoms with Gasteiger partial charge in [-0.2, -0.15) is 0 Å². The van der Waals surface area contributed by atoms with Crippen molar-refractivity contribution in [1.29, 1.82) is 0 Å². The number of benzene rings is 1. The van der Waals surface area contributed by atoms with Crippen LogP contribution in [0.2, 0.25) is 0 Å². The molecule has 0 amide bonds. The van der Waals surface area contributed by atoms with Crippen molar-refractivity contribution in [3.8, 4) is 0 Å². The predicted octanol–water partition coefficient (Wildman–Crippen LogP) is 2.38. The molecule has 0 spiro atoms. The van der Waals surface area contributed by atoms with E-state index in [9.17, 15) is 4.39 Å². The van der Waals surface area contributed by atoms with Crippen LogP contribution >= 0.6 is 0 Å². The van der Waals surface area contributed by atoms with Gasteiger partial charge in [-0.1, -0.05) is 26.0 Å². The van der Waals surface area contributed by atoms with E-state index in [1.54, 1.807) is 26.3 Å². The van der Waals surface area contributed by atoms with Gasteiger partial charge in [0.25, 0.3) is 0 Å². The van der Waals surface area contributed by atoms with Crippen LogP contribution in [0.5, 0.6) is 0 Å². The van der Waals surface area contributed by atoms with Gasteiger partial charge in [0, 0.05) is 45.2 Å². The van der Waals surface area contributed by atoms with Crippen LogP contribution in [0, 0.1) is 5.82 Å². The number of hydrogen-bond acceptors (Lipinski definition) is 3. The smallest absolute Gasteiger partial charge is 0.191 e. The fraction of sp³-hybridized carbons (Fsp3) is 0.650. The van der Waals surface area contributed by atoms with Gasteiger partial charge in [0.05, 0.1) is 6.61 Å². The summed E-state index contributed by atoms with van der Waals surface area (Å²) < 4.78 is 18.7. The zero-order chi connectivity index (χ0) is 19.0. The number of ether oxygens (including phenoxy) is 1. The van der Waals surface area contributed by atoms with E-state index in [2.05, 4.69) is 34.4 Å². The Balaban J connectivity index is 1.84. The van der Waals surface area contributed by atoms with E-state index < -0.39 is 0 Å². The van der Waals surface area contributed by atoms with Crippen LogP contribution in [-0.2, 0) is 10.2 Å². The van der Waals surface area contributed by atoms with Gasteiger partial charge in [-0.25, -0.2) is 4.39 Å². The van der Waals surface area contributed by atoms with Gasteiger partial charge in [-0.05, 0) is 37.1 Å². The zero-order valence-electron chi connectivity index (χ0n) is 16.5. The molecule has 0 bridgehead atoms. The van der Waals surface area contributed by atoms with Gasteiger partial charge in [0.1, 0.15) is 5.82 Å². The molecule has 1 saturated heterocycles. The molecule has 0 aliphatic carbocycles. The number of guanidine groups is 1. The summed E-state index contributed by atoms with van der Waals surface area (Å²) in [7, 11) is 3.53. The SMILES string of the molecule is CN=C(NCC1CCCN1CCOC)NCC(C)(C)c1cccc(F)c1. The maximum Gasteiger partial charge on any atom is 0.191 e. The van der Waals surface area contributed by atoms with Crippen LogP contribution in [0.3, 0.4) is 0 Å². The summed E-state index contributed by atoms with van der Waals surface area (Å²) in [6.45, 7) is 8.62. The summed E-state index contributed by atoms with van der Waals surface area (Å²) in [6.07, 6.45) is 2.43. The van der Waals surface area contributed by atoms with E-state index in [-0.39, 0.29) is 11.2 Å². The highest BCUT2D eigenvalue weighted by Crippen LogP contribution is 2.22.